The number of aromatic nitrogens is 3. The molecule has 0 radical (unpaired) electrons. The van der Waals surface area contributed by atoms with Crippen LogP contribution in [0.2, 0.25) is 0 Å². The van der Waals surface area contributed by atoms with Gasteiger partial charge >= 0.3 is 5.97 Å². The van der Waals surface area contributed by atoms with Gasteiger partial charge in [0.1, 0.15) is 5.69 Å². The van der Waals surface area contributed by atoms with E-state index < -0.39 is 5.97 Å². The summed E-state index contributed by atoms with van der Waals surface area (Å²) < 4.78 is 4.94. The number of nitrogens with one attached hydrogen (secondary N) is 2. The third-order valence-corrected chi connectivity index (χ3v) is 2.73. The van der Waals surface area contributed by atoms with Crippen molar-refractivity contribution in [1.82, 2.24) is 20.7 Å². The van der Waals surface area contributed by atoms with E-state index in [1.165, 1.54) is 0 Å². The number of aromatic amines is 1. The molecule has 88 valence electrons. The standard InChI is InChI=1S/C10H16N4O2/c1-2-16-10(15)9-8(12-14-13-9)7-4-3-5-11-6-7/h7,11H,2-6H2,1H3,(H,12,13,14). The Morgan fingerprint density at radius 1 is 1.56 bits per heavy atom. The van der Waals surface area contributed by atoms with Crippen LogP contribution in [0, 0.1) is 0 Å². The zero-order chi connectivity index (χ0) is 11.4. The summed E-state index contributed by atoms with van der Waals surface area (Å²) in [6, 6.07) is 0. The Balaban J connectivity index is 2.14. The second-order valence-corrected chi connectivity index (χ2v) is 3.82. The van der Waals surface area contributed by atoms with Crippen LogP contribution in [0.3, 0.4) is 0 Å². The fraction of sp³-hybridized carbons (Fsp3) is 0.700. The molecule has 6 nitrogen and oxygen atoms in total. The molecule has 2 heterocycles. The second kappa shape index (κ2) is 5.07. The molecular formula is C10H16N4O2. The Morgan fingerprint density at radius 2 is 2.44 bits per heavy atom. The Labute approximate surface area is 93.8 Å². The predicted molar refractivity (Wildman–Crippen MR) is 57.2 cm³/mol. The lowest BCUT2D eigenvalue weighted by atomic mass is 9.95. The Morgan fingerprint density at radius 3 is 3.12 bits per heavy atom. The number of esters is 1. The fourth-order valence-corrected chi connectivity index (χ4v) is 1.96. The topological polar surface area (TPSA) is 79.9 Å². The molecule has 1 fully saturated rings. The maximum Gasteiger partial charge on any atom is 0.360 e. The average Bonchev–Trinajstić information content (AvgIpc) is 2.79. The molecular weight excluding hydrogens is 208 g/mol. The first-order valence-corrected chi connectivity index (χ1v) is 5.61. The summed E-state index contributed by atoms with van der Waals surface area (Å²) in [6.45, 7) is 4.01. The summed E-state index contributed by atoms with van der Waals surface area (Å²) in [6.07, 6.45) is 2.13. The summed E-state index contributed by atoms with van der Waals surface area (Å²) in [7, 11) is 0. The van der Waals surface area contributed by atoms with Gasteiger partial charge in [-0.05, 0) is 26.3 Å². The van der Waals surface area contributed by atoms with Crippen LogP contribution in [0.1, 0.15) is 41.9 Å². The molecule has 16 heavy (non-hydrogen) atoms. The van der Waals surface area contributed by atoms with E-state index in [0.29, 0.717) is 12.3 Å². The summed E-state index contributed by atoms with van der Waals surface area (Å²) >= 11 is 0. The molecule has 1 aromatic rings. The monoisotopic (exact) mass is 224 g/mol. The van der Waals surface area contributed by atoms with E-state index in [1.807, 2.05) is 0 Å². The van der Waals surface area contributed by atoms with Gasteiger partial charge in [0.05, 0.1) is 6.61 Å². The minimum absolute atomic E-state index is 0.256. The number of carbonyl (C=O) groups is 1. The molecule has 1 saturated heterocycles. The van der Waals surface area contributed by atoms with Crippen LogP contribution in [0.5, 0.6) is 0 Å². The lowest BCUT2D eigenvalue weighted by molar-refractivity contribution is 0.0517. The van der Waals surface area contributed by atoms with Crippen molar-refractivity contribution in [3.05, 3.63) is 11.4 Å². The summed E-state index contributed by atoms with van der Waals surface area (Å²) in [5, 5.41) is 13.7. The predicted octanol–water partition coefficient (Wildman–Crippen LogP) is 0.448. The van der Waals surface area contributed by atoms with Crippen molar-refractivity contribution in [2.75, 3.05) is 19.7 Å². The highest BCUT2D eigenvalue weighted by molar-refractivity contribution is 5.88. The molecule has 1 aromatic heterocycles. The molecule has 0 spiro atoms. The lowest BCUT2D eigenvalue weighted by Gasteiger charge is -2.21. The van der Waals surface area contributed by atoms with Crippen molar-refractivity contribution >= 4 is 5.97 Å². The lowest BCUT2D eigenvalue weighted by Crippen LogP contribution is -2.29. The van der Waals surface area contributed by atoms with Crippen molar-refractivity contribution in [1.29, 1.82) is 0 Å². The second-order valence-electron chi connectivity index (χ2n) is 3.82. The van der Waals surface area contributed by atoms with Crippen molar-refractivity contribution in [3.63, 3.8) is 0 Å². The van der Waals surface area contributed by atoms with E-state index >= 15 is 0 Å². The molecule has 1 unspecified atom stereocenters. The highest BCUT2D eigenvalue weighted by Crippen LogP contribution is 2.23. The summed E-state index contributed by atoms with van der Waals surface area (Å²) in [4.78, 5) is 11.6. The summed E-state index contributed by atoms with van der Waals surface area (Å²) in [5.74, 6) is -0.135. The molecule has 1 aliphatic rings. The van der Waals surface area contributed by atoms with Gasteiger partial charge in [-0.3, -0.25) is 0 Å². The quantitative estimate of drug-likeness (QED) is 0.729. The van der Waals surface area contributed by atoms with Gasteiger partial charge in [0.25, 0.3) is 0 Å². The number of piperidine rings is 1. The number of H-pyrrole nitrogens is 1. The highest BCUT2D eigenvalue weighted by atomic mass is 16.5. The van der Waals surface area contributed by atoms with E-state index in [1.54, 1.807) is 6.92 Å². The molecule has 2 N–H and O–H groups in total. The van der Waals surface area contributed by atoms with E-state index in [2.05, 4.69) is 20.7 Å². The molecule has 0 amide bonds. The van der Waals surface area contributed by atoms with Crippen LogP contribution in [0.25, 0.3) is 0 Å². The molecule has 0 aliphatic carbocycles. The number of ether oxygens (including phenoxy) is 1. The largest absolute Gasteiger partial charge is 0.461 e. The molecule has 1 atom stereocenters. The van der Waals surface area contributed by atoms with Crippen LogP contribution in [-0.2, 0) is 4.74 Å². The van der Waals surface area contributed by atoms with Gasteiger partial charge < -0.3 is 10.1 Å². The van der Waals surface area contributed by atoms with Gasteiger partial charge in [0.2, 0.25) is 0 Å². The maximum absolute atomic E-state index is 11.6. The number of rotatable bonds is 3. The Bertz CT molecular complexity index is 357. The molecule has 1 aliphatic heterocycles. The van der Waals surface area contributed by atoms with Crippen LogP contribution >= 0.6 is 0 Å². The van der Waals surface area contributed by atoms with Crippen LogP contribution in [-0.4, -0.2) is 41.1 Å². The van der Waals surface area contributed by atoms with Crippen molar-refractivity contribution in [2.45, 2.75) is 25.7 Å². The molecule has 2 rings (SSSR count). The first kappa shape index (κ1) is 11.1. The maximum atomic E-state index is 11.6. The molecule has 0 saturated carbocycles. The molecule has 6 heteroatoms. The summed E-state index contributed by atoms with van der Waals surface area (Å²) in [5.41, 5.74) is 1.06. The van der Waals surface area contributed by atoms with Crippen LogP contribution < -0.4 is 5.32 Å². The number of nitrogens with zero attached hydrogens (tertiary/aromatic N) is 2. The smallest absolute Gasteiger partial charge is 0.360 e. The average molecular weight is 224 g/mol. The van der Waals surface area contributed by atoms with E-state index in [4.69, 9.17) is 4.74 Å². The third-order valence-electron chi connectivity index (χ3n) is 2.73. The van der Waals surface area contributed by atoms with Gasteiger partial charge in [0, 0.05) is 12.5 Å². The SMILES string of the molecule is CCOC(=O)c1n[nH]nc1C1CCCNC1. The minimum Gasteiger partial charge on any atom is -0.461 e. The van der Waals surface area contributed by atoms with Crippen molar-refractivity contribution in [2.24, 2.45) is 0 Å². The van der Waals surface area contributed by atoms with Gasteiger partial charge in [0.15, 0.2) is 5.69 Å². The molecule has 0 aromatic carbocycles. The van der Waals surface area contributed by atoms with Gasteiger partial charge in [-0.25, -0.2) is 4.79 Å². The van der Waals surface area contributed by atoms with E-state index in [0.717, 1.165) is 31.6 Å². The molecule has 0 bridgehead atoms. The number of carbonyl (C=O) groups excluding carboxylic acids is 1. The minimum atomic E-state index is -0.392. The first-order chi connectivity index (χ1) is 7.83. The van der Waals surface area contributed by atoms with Gasteiger partial charge in [-0.15, -0.1) is 5.10 Å². The number of hydrogen-bond acceptors (Lipinski definition) is 5. The fourth-order valence-electron chi connectivity index (χ4n) is 1.96. The Hall–Kier alpha value is -1.43. The van der Waals surface area contributed by atoms with Crippen molar-refractivity contribution < 1.29 is 9.53 Å². The van der Waals surface area contributed by atoms with Crippen LogP contribution in [0.15, 0.2) is 0 Å². The van der Waals surface area contributed by atoms with Crippen LogP contribution in [0.4, 0.5) is 0 Å². The number of hydrogen-bond donors (Lipinski definition) is 2. The van der Waals surface area contributed by atoms with Gasteiger partial charge in [-0.1, -0.05) is 0 Å². The van der Waals surface area contributed by atoms with E-state index in [-0.39, 0.29) is 5.92 Å². The van der Waals surface area contributed by atoms with Gasteiger partial charge in [-0.2, -0.15) is 10.3 Å². The normalized spacial score (nSPS) is 20.7. The van der Waals surface area contributed by atoms with E-state index in [9.17, 15) is 4.79 Å². The first-order valence-electron chi connectivity index (χ1n) is 5.61. The zero-order valence-electron chi connectivity index (χ0n) is 9.32. The third kappa shape index (κ3) is 2.21. The zero-order valence-corrected chi connectivity index (χ0v) is 9.32. The Kier molecular flexibility index (Phi) is 3.51. The highest BCUT2D eigenvalue weighted by Gasteiger charge is 2.25. The van der Waals surface area contributed by atoms with Crippen molar-refractivity contribution in [3.8, 4) is 0 Å².